The van der Waals surface area contributed by atoms with Crippen LogP contribution >= 0.6 is 0 Å². The monoisotopic (exact) mass is 546 g/mol. The maximum atomic E-state index is 15.5. The van der Waals surface area contributed by atoms with Gasteiger partial charge in [-0.25, -0.2) is 18.0 Å². The van der Waals surface area contributed by atoms with Gasteiger partial charge in [-0.15, -0.1) is 0 Å². The topological polar surface area (TPSA) is 83.9 Å². The summed E-state index contributed by atoms with van der Waals surface area (Å²) in [5.41, 5.74) is 1.89. The molecule has 9 nitrogen and oxygen atoms in total. The third-order valence-electron chi connectivity index (χ3n) is 7.51. The van der Waals surface area contributed by atoms with Gasteiger partial charge in [0, 0.05) is 69.7 Å². The number of benzene rings is 1. The van der Waals surface area contributed by atoms with E-state index < -0.39 is 12.2 Å². The van der Waals surface area contributed by atoms with Crippen LogP contribution < -0.4 is 10.6 Å². The van der Waals surface area contributed by atoms with Gasteiger partial charge in [0.15, 0.2) is 11.7 Å². The van der Waals surface area contributed by atoms with Gasteiger partial charge in [-0.05, 0) is 36.1 Å². The molecule has 1 aromatic heterocycles. The van der Waals surface area contributed by atoms with Crippen molar-refractivity contribution >= 4 is 23.1 Å². The number of hydrogen-bond donors (Lipinski definition) is 2. The van der Waals surface area contributed by atoms with E-state index in [4.69, 9.17) is 14.6 Å². The van der Waals surface area contributed by atoms with Gasteiger partial charge in [-0.3, -0.25) is 4.68 Å². The van der Waals surface area contributed by atoms with Gasteiger partial charge in [0.05, 0.1) is 25.4 Å². The van der Waals surface area contributed by atoms with Crippen molar-refractivity contribution in [3.05, 3.63) is 58.4 Å². The van der Waals surface area contributed by atoms with Crippen LogP contribution in [0, 0.1) is 5.82 Å². The van der Waals surface area contributed by atoms with Crippen LogP contribution in [0.3, 0.4) is 0 Å². The number of carbonyl (C=O) groups is 1. The largest absolute Gasteiger partial charge is 0.482 e. The standard InChI is InChI=1S/C27H33F3N6O3/c1-31-27(37)35-9-5-23-20(15-35)26(33-36(23)17-6-10-39-11-7-17)32-22-14-19(25(29)30)18(13-21(22)28)16-4-8-34(2)24(12-16)38-3/h4,12-14,17,25H,5-11,15H2,1-3H3,(H,31,37)(H,32,33). The second-order valence-corrected chi connectivity index (χ2v) is 9.86. The lowest BCUT2D eigenvalue weighted by Crippen LogP contribution is -2.41. The highest BCUT2D eigenvalue weighted by Gasteiger charge is 2.31. The number of methoxy groups -OCH3 is 1. The van der Waals surface area contributed by atoms with Crippen molar-refractivity contribution in [2.24, 2.45) is 0 Å². The van der Waals surface area contributed by atoms with Crippen LogP contribution in [-0.2, 0) is 22.4 Å². The maximum absolute atomic E-state index is 15.5. The number of carbonyl (C=O) groups excluding carboxylic acids is 1. The molecule has 0 bridgehead atoms. The second kappa shape index (κ2) is 11.2. The third kappa shape index (κ3) is 5.29. The molecule has 4 heterocycles. The summed E-state index contributed by atoms with van der Waals surface area (Å²) in [6.45, 7) is 2.46. The first-order chi connectivity index (χ1) is 18.8. The number of rotatable bonds is 6. The first-order valence-corrected chi connectivity index (χ1v) is 13.0. The van der Waals surface area contributed by atoms with Gasteiger partial charge in [0.1, 0.15) is 5.82 Å². The summed E-state index contributed by atoms with van der Waals surface area (Å²) in [6.07, 6.45) is 2.69. The van der Waals surface area contributed by atoms with E-state index >= 15 is 4.39 Å². The van der Waals surface area contributed by atoms with Crippen LogP contribution in [0.4, 0.5) is 29.5 Å². The Bertz CT molecular complexity index is 1300. The molecule has 1 fully saturated rings. The van der Waals surface area contributed by atoms with Crippen LogP contribution in [0.2, 0.25) is 0 Å². The zero-order chi connectivity index (χ0) is 27.7. The SMILES string of the molecule is CNC(=O)N1CCc2c(c(Nc3cc(C(F)F)c(C4=CCN(C)C(OC)=C4)cc3F)nn2C2CCOCC2)C1. The summed E-state index contributed by atoms with van der Waals surface area (Å²) in [4.78, 5) is 15.8. The number of alkyl halides is 2. The van der Waals surface area contributed by atoms with E-state index in [1.807, 2.05) is 16.6 Å². The molecule has 0 aliphatic carbocycles. The third-order valence-corrected chi connectivity index (χ3v) is 7.51. The summed E-state index contributed by atoms with van der Waals surface area (Å²) in [7, 11) is 4.88. The van der Waals surface area contributed by atoms with E-state index in [0.29, 0.717) is 50.0 Å². The number of amides is 2. The first-order valence-electron chi connectivity index (χ1n) is 13.0. The number of likely N-dealkylation sites (N-methyl/N-ethyl adjacent to an activating group) is 1. The number of ether oxygens (including phenoxy) is 2. The Hall–Kier alpha value is -3.67. The highest BCUT2D eigenvalue weighted by molar-refractivity contribution is 5.80. The number of anilines is 2. The molecule has 2 N–H and O–H groups in total. The Morgan fingerprint density at radius 3 is 2.72 bits per heavy atom. The molecule has 5 rings (SSSR count). The van der Waals surface area contributed by atoms with Gasteiger partial charge in [0.2, 0.25) is 0 Å². The highest BCUT2D eigenvalue weighted by Crippen LogP contribution is 2.38. The van der Waals surface area contributed by atoms with E-state index in [1.54, 1.807) is 24.1 Å². The molecule has 0 saturated carbocycles. The molecular weight excluding hydrogens is 513 g/mol. The van der Waals surface area contributed by atoms with Crippen molar-refractivity contribution in [2.45, 2.75) is 38.3 Å². The molecule has 2 aromatic rings. The number of allylic oxidation sites excluding steroid dienone is 2. The molecule has 1 saturated heterocycles. The van der Waals surface area contributed by atoms with Crippen LogP contribution in [0.5, 0.6) is 0 Å². The zero-order valence-electron chi connectivity index (χ0n) is 22.3. The van der Waals surface area contributed by atoms with Crippen molar-refractivity contribution in [3.63, 3.8) is 0 Å². The molecule has 3 aliphatic heterocycles. The van der Waals surface area contributed by atoms with E-state index in [0.717, 1.165) is 36.2 Å². The average Bonchev–Trinajstić information content (AvgIpc) is 3.31. The molecule has 0 unspecified atom stereocenters. The van der Waals surface area contributed by atoms with Crippen molar-refractivity contribution in [1.29, 1.82) is 0 Å². The molecule has 0 spiro atoms. The molecule has 2 amide bonds. The fraction of sp³-hybridized carbons (Fsp3) is 0.481. The molecule has 3 aliphatic rings. The molecule has 1 aromatic carbocycles. The molecule has 12 heteroatoms. The van der Waals surface area contributed by atoms with E-state index in [1.165, 1.54) is 7.11 Å². The number of fused-ring (bicyclic) bond motifs is 1. The van der Waals surface area contributed by atoms with Crippen LogP contribution in [0.15, 0.2) is 30.2 Å². The van der Waals surface area contributed by atoms with Gasteiger partial charge in [-0.2, -0.15) is 5.10 Å². The number of hydrogen-bond acceptors (Lipinski definition) is 6. The zero-order valence-corrected chi connectivity index (χ0v) is 22.3. The number of urea groups is 1. The minimum Gasteiger partial charge on any atom is -0.482 e. The molecule has 0 atom stereocenters. The van der Waals surface area contributed by atoms with Gasteiger partial charge < -0.3 is 29.9 Å². The van der Waals surface area contributed by atoms with Crippen LogP contribution in [0.25, 0.3) is 5.57 Å². The lowest BCUT2D eigenvalue weighted by molar-refractivity contribution is 0.0652. The van der Waals surface area contributed by atoms with E-state index in [-0.39, 0.29) is 35.4 Å². The van der Waals surface area contributed by atoms with Crippen molar-refractivity contribution < 1.29 is 27.4 Å². The Kier molecular flexibility index (Phi) is 7.74. The quantitative estimate of drug-likeness (QED) is 0.553. The molecular formula is C27H33F3N6O3. The van der Waals surface area contributed by atoms with Gasteiger partial charge in [-0.1, -0.05) is 6.08 Å². The van der Waals surface area contributed by atoms with Gasteiger partial charge >= 0.3 is 6.03 Å². The maximum Gasteiger partial charge on any atom is 0.317 e. The van der Waals surface area contributed by atoms with Crippen molar-refractivity contribution in [1.82, 2.24) is 24.9 Å². The smallest absolute Gasteiger partial charge is 0.317 e. The Balaban J connectivity index is 1.52. The van der Waals surface area contributed by atoms with E-state index in [9.17, 15) is 13.6 Å². The molecule has 39 heavy (non-hydrogen) atoms. The average molecular weight is 547 g/mol. The summed E-state index contributed by atoms with van der Waals surface area (Å²) in [6, 6.07) is 2.16. The van der Waals surface area contributed by atoms with Crippen LogP contribution in [-0.4, -0.2) is 73.1 Å². The van der Waals surface area contributed by atoms with Gasteiger partial charge in [0.25, 0.3) is 6.43 Å². The highest BCUT2D eigenvalue weighted by atomic mass is 19.3. The minimum absolute atomic E-state index is 0.102. The number of aromatic nitrogens is 2. The van der Waals surface area contributed by atoms with E-state index in [2.05, 4.69) is 10.6 Å². The molecule has 0 radical (unpaired) electrons. The predicted molar refractivity (Wildman–Crippen MR) is 140 cm³/mol. The Morgan fingerprint density at radius 2 is 2.03 bits per heavy atom. The van der Waals surface area contributed by atoms with Crippen molar-refractivity contribution in [3.8, 4) is 0 Å². The molecule has 210 valence electrons. The first kappa shape index (κ1) is 26.9. The summed E-state index contributed by atoms with van der Waals surface area (Å²) in [5, 5.41) is 10.4. The second-order valence-electron chi connectivity index (χ2n) is 9.86. The van der Waals surface area contributed by atoms with Crippen molar-refractivity contribution in [2.75, 3.05) is 52.8 Å². The summed E-state index contributed by atoms with van der Waals surface area (Å²) in [5.74, 6) is 0.174. The Morgan fingerprint density at radius 1 is 1.26 bits per heavy atom. The Labute approximate surface area is 225 Å². The summed E-state index contributed by atoms with van der Waals surface area (Å²) >= 11 is 0. The number of halogens is 3. The fourth-order valence-electron chi connectivity index (χ4n) is 5.38. The normalized spacial score (nSPS) is 18.0. The van der Waals surface area contributed by atoms with Crippen LogP contribution in [0.1, 0.15) is 47.7 Å². The lowest BCUT2D eigenvalue weighted by Gasteiger charge is -2.29. The predicted octanol–water partition coefficient (Wildman–Crippen LogP) is 4.57. The fourth-order valence-corrected chi connectivity index (χ4v) is 5.38. The lowest BCUT2D eigenvalue weighted by atomic mass is 9.96. The number of nitrogens with zero attached hydrogens (tertiary/aromatic N) is 4. The summed E-state index contributed by atoms with van der Waals surface area (Å²) < 4.78 is 56.8. The number of nitrogens with one attached hydrogen (secondary N) is 2. The minimum atomic E-state index is -2.83.